The highest BCUT2D eigenvalue weighted by molar-refractivity contribution is 6.42. The van der Waals surface area contributed by atoms with E-state index in [1.807, 2.05) is 24.3 Å². The highest BCUT2D eigenvalue weighted by Gasteiger charge is 2.15. The quantitative estimate of drug-likeness (QED) is 0.0806. The first-order valence-corrected chi connectivity index (χ1v) is 12.4. The number of nitrogens with one attached hydrogen (secondary N) is 1. The molecule has 8 nitrogen and oxygen atoms in total. The van der Waals surface area contributed by atoms with Crippen molar-refractivity contribution >= 4 is 58.2 Å². The summed E-state index contributed by atoms with van der Waals surface area (Å²) in [6.07, 6.45) is 1.45. The smallest absolute Gasteiger partial charge is 0.256 e. The highest BCUT2D eigenvalue weighted by Crippen LogP contribution is 2.35. The van der Waals surface area contributed by atoms with E-state index in [1.54, 1.807) is 37.4 Å². The molecular formula is C28H27Cl2N5O3. The molecule has 4 aromatic rings. The van der Waals surface area contributed by atoms with Crippen molar-refractivity contribution in [2.75, 3.05) is 19.2 Å². The van der Waals surface area contributed by atoms with Gasteiger partial charge in [-0.3, -0.25) is 0 Å². The van der Waals surface area contributed by atoms with Crippen LogP contribution in [0.4, 0.5) is 11.5 Å². The van der Waals surface area contributed by atoms with Crippen LogP contribution in [0.2, 0.25) is 10.0 Å². The summed E-state index contributed by atoms with van der Waals surface area (Å²) < 4.78 is 11.3. The van der Waals surface area contributed by atoms with Crippen LogP contribution in [0.3, 0.4) is 0 Å². The molecule has 0 fully saturated rings. The van der Waals surface area contributed by atoms with Crippen LogP contribution in [0.5, 0.6) is 11.5 Å². The molecule has 0 aliphatic heterocycles. The predicted octanol–water partition coefficient (Wildman–Crippen LogP) is 7.40. The Kier molecular flexibility index (Phi) is 8.34. The van der Waals surface area contributed by atoms with Crippen LogP contribution in [0.1, 0.15) is 31.9 Å². The molecule has 10 heteroatoms. The molecule has 3 aromatic carbocycles. The van der Waals surface area contributed by atoms with Crippen LogP contribution in [0, 0.1) is 0 Å². The van der Waals surface area contributed by atoms with E-state index in [2.05, 4.69) is 52.9 Å². The standard InChI is InChI=1S/C28H27Cl2N5O3/c1-28(2,3)18-8-6-17(7-9-18)26(31-4)35-38-16-37-25-14-23-20(13-24(25)36-5)27(33-15-32-23)34-19-10-11-21(29)22(30)12-19/h6-15H,4,16H2,1-3,5H3,(H,32,33,34)/b35-26-. The number of nitrogens with zero attached hydrogens (tertiary/aromatic N) is 4. The van der Waals surface area contributed by atoms with Crippen LogP contribution in [-0.4, -0.2) is 36.4 Å². The van der Waals surface area contributed by atoms with E-state index in [9.17, 15) is 0 Å². The average Bonchev–Trinajstić information content (AvgIpc) is 2.90. The largest absolute Gasteiger partial charge is 0.493 e. The number of hydrogen-bond acceptors (Lipinski definition) is 7. The number of ether oxygens (including phenoxy) is 2. The molecule has 1 N–H and O–H groups in total. The zero-order valence-electron chi connectivity index (χ0n) is 21.5. The molecule has 0 spiro atoms. The Morgan fingerprint density at radius 2 is 1.74 bits per heavy atom. The van der Waals surface area contributed by atoms with E-state index in [0.29, 0.717) is 38.7 Å². The number of amidine groups is 1. The van der Waals surface area contributed by atoms with Gasteiger partial charge in [0, 0.05) is 22.7 Å². The van der Waals surface area contributed by atoms with Gasteiger partial charge >= 0.3 is 0 Å². The molecule has 1 aromatic heterocycles. The molecule has 4 rings (SSSR count). The fourth-order valence-electron chi connectivity index (χ4n) is 3.62. The minimum atomic E-state index is -0.180. The second-order valence-electron chi connectivity index (χ2n) is 9.29. The summed E-state index contributed by atoms with van der Waals surface area (Å²) in [4.78, 5) is 18.1. The van der Waals surface area contributed by atoms with Gasteiger partial charge in [0.05, 0.1) is 22.7 Å². The second kappa shape index (κ2) is 11.7. The Balaban J connectivity index is 1.49. The third-order valence-corrected chi connectivity index (χ3v) is 6.42. The SMILES string of the molecule is C=N/C(=N\OCOc1cc2ncnc(Nc3ccc(Cl)c(Cl)c3)c2cc1OC)c1ccc(C(C)(C)C)cc1. The molecule has 0 unspecified atom stereocenters. The summed E-state index contributed by atoms with van der Waals surface area (Å²) in [6, 6.07) is 16.7. The van der Waals surface area contributed by atoms with E-state index >= 15 is 0 Å². The first-order chi connectivity index (χ1) is 18.2. The van der Waals surface area contributed by atoms with Gasteiger partial charge in [0.25, 0.3) is 6.79 Å². The zero-order chi connectivity index (χ0) is 27.3. The Bertz CT molecular complexity index is 1480. The Morgan fingerprint density at radius 1 is 0.974 bits per heavy atom. The Morgan fingerprint density at radius 3 is 2.39 bits per heavy atom. The maximum atomic E-state index is 6.14. The molecule has 196 valence electrons. The van der Waals surface area contributed by atoms with Gasteiger partial charge in [0.1, 0.15) is 12.1 Å². The van der Waals surface area contributed by atoms with Crippen molar-refractivity contribution in [3.8, 4) is 11.5 Å². The van der Waals surface area contributed by atoms with E-state index in [1.165, 1.54) is 11.9 Å². The van der Waals surface area contributed by atoms with Crippen molar-refractivity contribution < 1.29 is 14.3 Å². The van der Waals surface area contributed by atoms with Crippen molar-refractivity contribution in [3.05, 3.63) is 82.1 Å². The first-order valence-electron chi connectivity index (χ1n) is 11.6. The number of fused-ring (bicyclic) bond motifs is 1. The van der Waals surface area contributed by atoms with Crippen molar-refractivity contribution in [2.45, 2.75) is 26.2 Å². The van der Waals surface area contributed by atoms with Crippen molar-refractivity contribution in [1.82, 2.24) is 9.97 Å². The van der Waals surface area contributed by atoms with Gasteiger partial charge in [-0.25, -0.2) is 15.0 Å². The minimum Gasteiger partial charge on any atom is -0.493 e. The van der Waals surface area contributed by atoms with Crippen molar-refractivity contribution in [2.24, 2.45) is 10.1 Å². The molecular weight excluding hydrogens is 525 g/mol. The molecule has 38 heavy (non-hydrogen) atoms. The van der Waals surface area contributed by atoms with Crippen LogP contribution < -0.4 is 14.8 Å². The third kappa shape index (κ3) is 6.33. The van der Waals surface area contributed by atoms with Gasteiger partial charge < -0.3 is 19.6 Å². The second-order valence-corrected chi connectivity index (χ2v) is 10.1. The monoisotopic (exact) mass is 551 g/mol. The zero-order valence-corrected chi connectivity index (χ0v) is 23.0. The van der Waals surface area contributed by atoms with E-state index in [-0.39, 0.29) is 12.2 Å². The molecule has 0 saturated heterocycles. The molecule has 0 aliphatic carbocycles. The molecule has 1 heterocycles. The number of halogens is 2. The van der Waals surface area contributed by atoms with Crippen LogP contribution in [-0.2, 0) is 10.3 Å². The summed E-state index contributed by atoms with van der Waals surface area (Å²) in [6.45, 7) is 9.89. The molecule has 0 atom stereocenters. The number of benzene rings is 3. The number of aliphatic imine (C=N–C) groups is 1. The lowest BCUT2D eigenvalue weighted by molar-refractivity contribution is 0.0174. The lowest BCUT2D eigenvalue weighted by Gasteiger charge is -2.19. The molecule has 0 saturated carbocycles. The van der Waals surface area contributed by atoms with E-state index < -0.39 is 0 Å². The van der Waals surface area contributed by atoms with Crippen LogP contribution in [0.15, 0.2) is 71.1 Å². The summed E-state index contributed by atoms with van der Waals surface area (Å²) in [5.74, 6) is 1.82. The van der Waals surface area contributed by atoms with Crippen LogP contribution >= 0.6 is 23.2 Å². The maximum absolute atomic E-state index is 6.14. The molecule has 0 aliphatic rings. The van der Waals surface area contributed by atoms with E-state index in [0.717, 1.165) is 16.6 Å². The van der Waals surface area contributed by atoms with Crippen LogP contribution in [0.25, 0.3) is 10.9 Å². The fourth-order valence-corrected chi connectivity index (χ4v) is 3.91. The topological polar surface area (TPSA) is 90.2 Å². The number of anilines is 2. The number of oxime groups is 1. The lowest BCUT2D eigenvalue weighted by Crippen LogP contribution is -2.11. The van der Waals surface area contributed by atoms with Crippen molar-refractivity contribution in [1.29, 1.82) is 0 Å². The van der Waals surface area contributed by atoms with Gasteiger partial charge in [0.15, 0.2) is 17.3 Å². The van der Waals surface area contributed by atoms with Gasteiger partial charge in [-0.05, 0) is 42.0 Å². The van der Waals surface area contributed by atoms with E-state index in [4.69, 9.17) is 37.5 Å². The first kappa shape index (κ1) is 27.2. The minimum absolute atomic E-state index is 0.0476. The summed E-state index contributed by atoms with van der Waals surface area (Å²) in [5.41, 5.74) is 3.40. The van der Waals surface area contributed by atoms with Gasteiger partial charge in [-0.2, -0.15) is 0 Å². The highest BCUT2D eigenvalue weighted by atomic mass is 35.5. The Labute approximate surface area is 231 Å². The number of methoxy groups -OCH3 is 1. The predicted molar refractivity (Wildman–Crippen MR) is 154 cm³/mol. The normalized spacial score (nSPS) is 11.8. The van der Waals surface area contributed by atoms with Gasteiger partial charge in [0.2, 0.25) is 0 Å². The Hall–Kier alpha value is -3.88. The third-order valence-electron chi connectivity index (χ3n) is 5.68. The van der Waals surface area contributed by atoms with Gasteiger partial charge in [-0.1, -0.05) is 73.4 Å². The molecule has 0 bridgehead atoms. The lowest BCUT2D eigenvalue weighted by atomic mass is 9.87. The number of aromatic nitrogens is 2. The maximum Gasteiger partial charge on any atom is 0.256 e. The fraction of sp³-hybridized carbons (Fsp3) is 0.214. The summed E-state index contributed by atoms with van der Waals surface area (Å²) >= 11 is 12.2. The van der Waals surface area contributed by atoms with Gasteiger partial charge in [-0.15, -0.1) is 0 Å². The van der Waals surface area contributed by atoms with Crippen molar-refractivity contribution in [3.63, 3.8) is 0 Å². The molecule has 0 amide bonds. The summed E-state index contributed by atoms with van der Waals surface area (Å²) in [7, 11) is 1.55. The molecule has 0 radical (unpaired) electrons. The average molecular weight is 552 g/mol. The summed E-state index contributed by atoms with van der Waals surface area (Å²) in [5, 5.41) is 8.93. The number of rotatable bonds is 8. The number of hydrogen-bond donors (Lipinski definition) is 1.